The summed E-state index contributed by atoms with van der Waals surface area (Å²) in [6, 6.07) is 6.75. The second-order valence-corrected chi connectivity index (χ2v) is 7.50. The summed E-state index contributed by atoms with van der Waals surface area (Å²) in [7, 11) is 0. The Bertz CT molecular complexity index is 704. The monoisotopic (exact) mass is 343 g/mol. The van der Waals surface area contributed by atoms with Crippen molar-refractivity contribution < 1.29 is 4.79 Å². The van der Waals surface area contributed by atoms with Crippen LogP contribution in [0, 0.1) is 13.8 Å². The Hall–Kier alpha value is -1.75. The summed E-state index contributed by atoms with van der Waals surface area (Å²) in [5.74, 6) is 0.528. The smallest absolute Gasteiger partial charge is 0.230 e. The number of carbonyl (C=O) groups is 1. The number of rotatable bonds is 5. The third-order valence-electron chi connectivity index (χ3n) is 4.53. The summed E-state index contributed by atoms with van der Waals surface area (Å²) in [6.07, 6.45) is 9.76. The van der Waals surface area contributed by atoms with Crippen molar-refractivity contribution >= 4 is 17.7 Å². The number of aryl methyl sites for hydroxylation is 2. The van der Waals surface area contributed by atoms with E-state index < -0.39 is 0 Å². The number of hydrogen-bond donors (Lipinski definition) is 1. The maximum Gasteiger partial charge on any atom is 0.230 e. The standard InChI is InChI=1S/C19H25N3OS/c1-14-8-9-15(2)17(12-14)22-11-10-20-19(22)24-13-18(23)21-16-6-4-3-5-7-16/h8-12,16H,3-7,13H2,1-2H3,(H,21,23). The molecule has 1 saturated carbocycles. The molecule has 0 unspecified atom stereocenters. The van der Waals surface area contributed by atoms with Crippen LogP contribution in [0.25, 0.3) is 5.69 Å². The molecule has 1 heterocycles. The van der Waals surface area contributed by atoms with E-state index >= 15 is 0 Å². The number of nitrogens with one attached hydrogen (secondary N) is 1. The lowest BCUT2D eigenvalue weighted by molar-refractivity contribution is -0.119. The number of imidazole rings is 1. The second kappa shape index (κ2) is 7.88. The average molecular weight is 343 g/mol. The molecule has 5 heteroatoms. The van der Waals surface area contributed by atoms with E-state index in [4.69, 9.17) is 0 Å². The Morgan fingerprint density at radius 1 is 1.29 bits per heavy atom. The molecule has 1 N–H and O–H groups in total. The van der Waals surface area contributed by atoms with Gasteiger partial charge in [0.05, 0.1) is 11.4 Å². The van der Waals surface area contributed by atoms with Crippen molar-refractivity contribution in [3.05, 3.63) is 41.7 Å². The van der Waals surface area contributed by atoms with Crippen molar-refractivity contribution in [3.8, 4) is 5.69 Å². The van der Waals surface area contributed by atoms with Crippen molar-refractivity contribution in [1.82, 2.24) is 14.9 Å². The molecule has 1 aliphatic rings. The summed E-state index contributed by atoms with van der Waals surface area (Å²) in [5, 5.41) is 4.03. The highest BCUT2D eigenvalue weighted by molar-refractivity contribution is 7.99. The summed E-state index contributed by atoms with van der Waals surface area (Å²) in [5.41, 5.74) is 3.55. The Balaban J connectivity index is 1.63. The first kappa shape index (κ1) is 17.1. The van der Waals surface area contributed by atoms with Gasteiger partial charge in [-0.1, -0.05) is 43.2 Å². The van der Waals surface area contributed by atoms with Gasteiger partial charge in [-0.15, -0.1) is 0 Å². The molecule has 1 aromatic heterocycles. The molecule has 3 rings (SSSR count). The number of amides is 1. The molecule has 1 fully saturated rings. The maximum atomic E-state index is 12.2. The van der Waals surface area contributed by atoms with Gasteiger partial charge in [-0.25, -0.2) is 4.98 Å². The number of benzene rings is 1. The number of thioether (sulfide) groups is 1. The fraction of sp³-hybridized carbons (Fsp3) is 0.474. The van der Waals surface area contributed by atoms with Crippen molar-refractivity contribution in [1.29, 1.82) is 0 Å². The molecular weight excluding hydrogens is 318 g/mol. The first-order valence-corrected chi connectivity index (χ1v) is 9.65. The molecule has 24 heavy (non-hydrogen) atoms. The van der Waals surface area contributed by atoms with E-state index in [9.17, 15) is 4.79 Å². The zero-order valence-corrected chi connectivity index (χ0v) is 15.2. The molecule has 0 atom stereocenters. The normalized spacial score (nSPS) is 15.4. The van der Waals surface area contributed by atoms with Crippen LogP contribution in [0.5, 0.6) is 0 Å². The van der Waals surface area contributed by atoms with Gasteiger partial charge >= 0.3 is 0 Å². The number of hydrogen-bond acceptors (Lipinski definition) is 3. The van der Waals surface area contributed by atoms with E-state index in [1.54, 1.807) is 6.20 Å². The zero-order valence-electron chi connectivity index (χ0n) is 14.4. The molecule has 0 radical (unpaired) electrons. The molecule has 0 aliphatic heterocycles. The highest BCUT2D eigenvalue weighted by atomic mass is 32.2. The number of aromatic nitrogens is 2. The summed E-state index contributed by atoms with van der Waals surface area (Å²) < 4.78 is 2.07. The summed E-state index contributed by atoms with van der Waals surface area (Å²) in [4.78, 5) is 16.6. The topological polar surface area (TPSA) is 46.9 Å². The Labute approximate surface area is 148 Å². The predicted octanol–water partition coefficient (Wildman–Crippen LogP) is 4.03. The van der Waals surface area contributed by atoms with Crippen LogP contribution in [0.2, 0.25) is 0 Å². The molecule has 0 bridgehead atoms. The minimum absolute atomic E-state index is 0.113. The van der Waals surface area contributed by atoms with Crippen LogP contribution in [0.1, 0.15) is 43.2 Å². The quantitative estimate of drug-likeness (QED) is 0.834. The molecule has 128 valence electrons. The highest BCUT2D eigenvalue weighted by Gasteiger charge is 2.16. The Morgan fingerprint density at radius 3 is 2.88 bits per heavy atom. The van der Waals surface area contributed by atoms with E-state index in [0.717, 1.165) is 23.7 Å². The lowest BCUT2D eigenvalue weighted by Crippen LogP contribution is -2.37. The fourth-order valence-corrected chi connectivity index (χ4v) is 3.98. The van der Waals surface area contributed by atoms with Crippen molar-refractivity contribution in [2.45, 2.75) is 57.1 Å². The molecule has 1 amide bonds. The van der Waals surface area contributed by atoms with E-state index in [1.807, 2.05) is 6.20 Å². The van der Waals surface area contributed by atoms with Gasteiger partial charge in [0, 0.05) is 18.4 Å². The van der Waals surface area contributed by atoms with Gasteiger partial charge in [-0.05, 0) is 43.9 Å². The lowest BCUT2D eigenvalue weighted by Gasteiger charge is -2.22. The molecule has 0 spiro atoms. The van der Waals surface area contributed by atoms with Crippen LogP contribution < -0.4 is 5.32 Å². The molecule has 2 aromatic rings. The van der Waals surface area contributed by atoms with Crippen LogP contribution in [-0.2, 0) is 4.79 Å². The highest BCUT2D eigenvalue weighted by Crippen LogP contribution is 2.24. The van der Waals surface area contributed by atoms with Crippen molar-refractivity contribution in [3.63, 3.8) is 0 Å². The first-order valence-electron chi connectivity index (χ1n) is 8.66. The van der Waals surface area contributed by atoms with Gasteiger partial charge in [-0.3, -0.25) is 9.36 Å². The van der Waals surface area contributed by atoms with E-state index in [0.29, 0.717) is 11.8 Å². The van der Waals surface area contributed by atoms with E-state index in [-0.39, 0.29) is 5.91 Å². The van der Waals surface area contributed by atoms with Gasteiger partial charge in [0.15, 0.2) is 5.16 Å². The van der Waals surface area contributed by atoms with Gasteiger partial charge in [0.2, 0.25) is 5.91 Å². The largest absolute Gasteiger partial charge is 0.353 e. The Kier molecular flexibility index (Phi) is 5.61. The third kappa shape index (κ3) is 4.20. The van der Waals surface area contributed by atoms with Crippen molar-refractivity contribution in [2.24, 2.45) is 0 Å². The molecular formula is C19H25N3OS. The van der Waals surface area contributed by atoms with E-state index in [2.05, 4.69) is 46.9 Å². The lowest BCUT2D eigenvalue weighted by atomic mass is 9.95. The van der Waals surface area contributed by atoms with Crippen molar-refractivity contribution in [2.75, 3.05) is 5.75 Å². The van der Waals surface area contributed by atoms with Crippen LogP contribution in [-0.4, -0.2) is 27.3 Å². The van der Waals surface area contributed by atoms with Crippen LogP contribution in [0.3, 0.4) is 0 Å². The van der Waals surface area contributed by atoms with Gasteiger partial charge in [-0.2, -0.15) is 0 Å². The predicted molar refractivity (Wildman–Crippen MR) is 98.8 cm³/mol. The number of nitrogens with zero attached hydrogens (tertiary/aromatic N) is 2. The van der Waals surface area contributed by atoms with Gasteiger partial charge in [0.25, 0.3) is 0 Å². The zero-order chi connectivity index (χ0) is 16.9. The second-order valence-electron chi connectivity index (χ2n) is 6.56. The van der Waals surface area contributed by atoms with Crippen LogP contribution in [0.15, 0.2) is 35.7 Å². The fourth-order valence-electron chi connectivity index (χ4n) is 3.21. The molecule has 4 nitrogen and oxygen atoms in total. The van der Waals surface area contributed by atoms with Gasteiger partial charge in [0.1, 0.15) is 0 Å². The molecule has 1 aliphatic carbocycles. The third-order valence-corrected chi connectivity index (χ3v) is 5.50. The average Bonchev–Trinajstić information content (AvgIpc) is 3.04. The maximum absolute atomic E-state index is 12.2. The molecule has 1 aromatic carbocycles. The number of carbonyl (C=O) groups excluding carboxylic acids is 1. The van der Waals surface area contributed by atoms with Crippen LogP contribution >= 0.6 is 11.8 Å². The first-order chi connectivity index (χ1) is 11.6. The molecule has 0 saturated heterocycles. The Morgan fingerprint density at radius 2 is 2.08 bits per heavy atom. The minimum atomic E-state index is 0.113. The van der Waals surface area contributed by atoms with Gasteiger partial charge < -0.3 is 5.32 Å². The minimum Gasteiger partial charge on any atom is -0.353 e. The summed E-state index contributed by atoms with van der Waals surface area (Å²) >= 11 is 1.50. The van der Waals surface area contributed by atoms with E-state index in [1.165, 1.54) is 42.2 Å². The summed E-state index contributed by atoms with van der Waals surface area (Å²) in [6.45, 7) is 4.18. The van der Waals surface area contributed by atoms with Crippen LogP contribution in [0.4, 0.5) is 0 Å². The SMILES string of the molecule is Cc1ccc(C)c(-n2ccnc2SCC(=O)NC2CCCCC2)c1.